The number of aromatic nitrogens is 3. The van der Waals surface area contributed by atoms with Crippen molar-refractivity contribution < 1.29 is 14.0 Å². The number of H-pyrrole nitrogens is 1. The molecule has 3 N–H and O–H groups in total. The lowest BCUT2D eigenvalue weighted by Gasteiger charge is -2.06. The maximum absolute atomic E-state index is 14.7. The summed E-state index contributed by atoms with van der Waals surface area (Å²) in [6.07, 6.45) is 7.48. The Kier molecular flexibility index (Phi) is 5.12. The van der Waals surface area contributed by atoms with Gasteiger partial charge in [-0.25, -0.2) is 14.4 Å². The minimum atomic E-state index is -0.740. The molecule has 3 heterocycles. The van der Waals surface area contributed by atoms with Gasteiger partial charge in [-0.1, -0.05) is 11.6 Å². The molecule has 0 aliphatic rings. The van der Waals surface area contributed by atoms with Crippen LogP contribution in [0.25, 0.3) is 28.2 Å². The van der Waals surface area contributed by atoms with Crippen LogP contribution in [0.5, 0.6) is 0 Å². The Balaban J connectivity index is 1.69. The van der Waals surface area contributed by atoms with Gasteiger partial charge in [0.1, 0.15) is 11.3 Å². The van der Waals surface area contributed by atoms with Gasteiger partial charge in [-0.2, -0.15) is 0 Å². The third kappa shape index (κ3) is 3.83. The molecule has 1 aromatic carbocycles. The zero-order valence-corrected chi connectivity index (χ0v) is 16.2. The van der Waals surface area contributed by atoms with E-state index in [1.807, 2.05) is 0 Å². The van der Waals surface area contributed by atoms with Gasteiger partial charge in [0.05, 0.1) is 0 Å². The average molecular weight is 421 g/mol. The number of rotatable bonds is 5. The van der Waals surface area contributed by atoms with Crippen molar-refractivity contribution in [2.75, 3.05) is 0 Å². The first kappa shape index (κ1) is 19.5. The van der Waals surface area contributed by atoms with E-state index in [0.29, 0.717) is 32.9 Å². The van der Waals surface area contributed by atoms with Gasteiger partial charge >= 0.3 is 0 Å². The van der Waals surface area contributed by atoms with Crippen LogP contribution in [-0.2, 0) is 4.79 Å². The molecule has 4 rings (SSSR count). The summed E-state index contributed by atoms with van der Waals surface area (Å²) in [6, 6.07) is 9.18. The highest BCUT2D eigenvalue weighted by Gasteiger charge is 2.17. The zero-order chi connectivity index (χ0) is 21.3. The van der Waals surface area contributed by atoms with Gasteiger partial charge in [0.15, 0.2) is 5.82 Å². The van der Waals surface area contributed by atoms with Crippen molar-refractivity contribution in [1.29, 1.82) is 0 Å². The molecule has 0 radical (unpaired) electrons. The Morgan fingerprint density at radius 1 is 1.07 bits per heavy atom. The van der Waals surface area contributed by atoms with Gasteiger partial charge in [-0.15, -0.1) is 0 Å². The minimum absolute atomic E-state index is 0.276. The van der Waals surface area contributed by atoms with Crippen LogP contribution in [0.4, 0.5) is 4.39 Å². The van der Waals surface area contributed by atoms with Crippen LogP contribution in [0.2, 0.25) is 5.02 Å². The number of carbonyl (C=O) groups is 2. The van der Waals surface area contributed by atoms with E-state index in [0.717, 1.165) is 5.39 Å². The first-order valence-corrected chi connectivity index (χ1v) is 9.21. The minimum Gasteiger partial charge on any atom is -0.366 e. The maximum Gasteiger partial charge on any atom is 0.241 e. The number of halogens is 2. The number of nitrogens with two attached hydrogens (primary N) is 1. The van der Waals surface area contributed by atoms with E-state index in [4.69, 9.17) is 17.3 Å². The number of nitrogens with zero attached hydrogens (tertiary/aromatic N) is 2. The first-order valence-electron chi connectivity index (χ1n) is 8.83. The molecule has 1 amide bonds. The van der Waals surface area contributed by atoms with Crippen LogP contribution < -0.4 is 5.73 Å². The summed E-state index contributed by atoms with van der Waals surface area (Å²) in [5, 5.41) is 1.21. The monoisotopic (exact) mass is 420 g/mol. The fourth-order valence-corrected chi connectivity index (χ4v) is 3.12. The van der Waals surface area contributed by atoms with Crippen molar-refractivity contribution in [3.8, 4) is 11.1 Å². The van der Waals surface area contributed by atoms with E-state index in [1.54, 1.807) is 36.7 Å². The molecule has 8 heteroatoms. The molecule has 6 nitrogen and oxygen atoms in total. The molecule has 3 aromatic heterocycles. The summed E-state index contributed by atoms with van der Waals surface area (Å²) in [5.74, 6) is -1.84. The number of hydrogen-bond acceptors (Lipinski definition) is 4. The van der Waals surface area contributed by atoms with E-state index < -0.39 is 17.5 Å². The second-order valence-electron chi connectivity index (χ2n) is 6.49. The van der Waals surface area contributed by atoms with E-state index in [-0.39, 0.29) is 5.69 Å². The van der Waals surface area contributed by atoms with Crippen LogP contribution >= 0.6 is 11.6 Å². The number of carbonyl (C=O) groups excluding carboxylic acids is 2. The number of primary amides is 1. The van der Waals surface area contributed by atoms with E-state index in [2.05, 4.69) is 15.0 Å². The second kappa shape index (κ2) is 7.88. The summed E-state index contributed by atoms with van der Waals surface area (Å²) >= 11 is 5.83. The van der Waals surface area contributed by atoms with E-state index in [9.17, 15) is 14.0 Å². The highest BCUT2D eigenvalue weighted by Crippen LogP contribution is 2.26. The molecule has 0 spiro atoms. The van der Waals surface area contributed by atoms with Crippen LogP contribution in [0, 0.1) is 5.82 Å². The summed E-state index contributed by atoms with van der Waals surface area (Å²) in [6.45, 7) is 0. The smallest absolute Gasteiger partial charge is 0.241 e. The molecule has 0 saturated heterocycles. The van der Waals surface area contributed by atoms with Crippen LogP contribution in [0.15, 0.2) is 61.1 Å². The molecular formula is C22H14ClFN4O2. The van der Waals surface area contributed by atoms with Crippen molar-refractivity contribution in [2.45, 2.75) is 0 Å². The molecule has 0 unspecified atom stereocenters. The molecule has 148 valence electrons. The van der Waals surface area contributed by atoms with Gasteiger partial charge in [0.25, 0.3) is 0 Å². The van der Waals surface area contributed by atoms with Gasteiger partial charge in [-0.05, 0) is 42.5 Å². The lowest BCUT2D eigenvalue weighted by molar-refractivity contribution is -0.113. The summed E-state index contributed by atoms with van der Waals surface area (Å²) < 4.78 is 14.7. The maximum atomic E-state index is 14.7. The Labute approximate surface area is 175 Å². The third-order valence-electron chi connectivity index (χ3n) is 4.49. The number of aromatic amines is 1. The van der Waals surface area contributed by atoms with Crippen molar-refractivity contribution in [2.24, 2.45) is 5.73 Å². The highest BCUT2D eigenvalue weighted by atomic mass is 35.5. The third-order valence-corrected chi connectivity index (χ3v) is 4.74. The molecular weight excluding hydrogens is 407 g/mol. The first-order chi connectivity index (χ1) is 14.4. The molecule has 0 saturated carbocycles. The Bertz CT molecular complexity index is 1310. The van der Waals surface area contributed by atoms with Gasteiger partial charge in [0.2, 0.25) is 11.7 Å². The zero-order valence-electron chi connectivity index (χ0n) is 15.4. The number of pyridine rings is 2. The SMILES string of the molecule is NC(=O)C=Cc1c[nH]c2ncc(-c3cnc(C(=O)c4ccc(Cl)cc4)c(F)c3)cc12. The van der Waals surface area contributed by atoms with E-state index >= 15 is 0 Å². The lowest BCUT2D eigenvalue weighted by atomic mass is 10.0. The summed E-state index contributed by atoms with van der Waals surface area (Å²) in [5.41, 5.74) is 7.53. The van der Waals surface area contributed by atoms with Crippen LogP contribution in [-0.4, -0.2) is 26.6 Å². The molecule has 0 aliphatic carbocycles. The Hall–Kier alpha value is -3.84. The van der Waals surface area contributed by atoms with Gasteiger partial charge < -0.3 is 10.7 Å². The molecule has 0 bridgehead atoms. The summed E-state index contributed by atoms with van der Waals surface area (Å²) in [7, 11) is 0. The van der Waals surface area contributed by atoms with Crippen molar-refractivity contribution in [3.63, 3.8) is 0 Å². The molecule has 4 aromatic rings. The van der Waals surface area contributed by atoms with Gasteiger partial charge in [-0.3, -0.25) is 9.59 Å². The largest absolute Gasteiger partial charge is 0.366 e. The highest BCUT2D eigenvalue weighted by molar-refractivity contribution is 6.30. The fourth-order valence-electron chi connectivity index (χ4n) is 2.99. The molecule has 0 atom stereocenters. The number of nitrogens with one attached hydrogen (secondary N) is 1. The molecule has 30 heavy (non-hydrogen) atoms. The van der Waals surface area contributed by atoms with Crippen molar-refractivity contribution in [1.82, 2.24) is 15.0 Å². The van der Waals surface area contributed by atoms with Crippen LogP contribution in [0.3, 0.4) is 0 Å². The quantitative estimate of drug-likeness (QED) is 0.374. The topological polar surface area (TPSA) is 102 Å². The molecule has 0 aliphatic heterocycles. The Morgan fingerprint density at radius 2 is 1.77 bits per heavy atom. The lowest BCUT2D eigenvalue weighted by Crippen LogP contribution is -2.07. The summed E-state index contributed by atoms with van der Waals surface area (Å²) in [4.78, 5) is 34.9. The Morgan fingerprint density at radius 3 is 2.47 bits per heavy atom. The second-order valence-corrected chi connectivity index (χ2v) is 6.93. The van der Waals surface area contributed by atoms with Crippen molar-refractivity contribution in [3.05, 3.63) is 88.7 Å². The van der Waals surface area contributed by atoms with Crippen molar-refractivity contribution >= 4 is 40.4 Å². The van der Waals surface area contributed by atoms with E-state index in [1.165, 1.54) is 30.5 Å². The molecule has 0 fully saturated rings. The number of hydrogen-bond donors (Lipinski definition) is 2. The standard InChI is InChI=1S/C22H14ClFN4O2/c23-16-4-1-12(2-5-16)21(30)20-18(24)8-15(10-26-20)14-7-17-13(3-6-19(25)29)9-27-22(17)28-11-14/h1-11H,(H2,25,29)(H,27,28). The van der Waals surface area contributed by atoms with Gasteiger partial charge in [0, 0.05) is 57.3 Å². The number of amides is 1. The predicted octanol–water partition coefficient (Wildman–Crippen LogP) is 4.15. The average Bonchev–Trinajstić information content (AvgIpc) is 3.14. The predicted molar refractivity (Wildman–Crippen MR) is 112 cm³/mol. The van der Waals surface area contributed by atoms with Crippen LogP contribution in [0.1, 0.15) is 21.6 Å². The fraction of sp³-hybridized carbons (Fsp3) is 0. The number of ketones is 1. The normalized spacial score (nSPS) is 11.3. The number of fused-ring (bicyclic) bond motifs is 1. The number of benzene rings is 1.